The Morgan fingerprint density at radius 1 is 1.08 bits per heavy atom. The topological polar surface area (TPSA) is 54.0 Å². The van der Waals surface area contributed by atoms with Gasteiger partial charge in [-0.1, -0.05) is 24.3 Å². The first-order chi connectivity index (χ1) is 12.3. The number of para-hydroxylation sites is 1. The summed E-state index contributed by atoms with van der Waals surface area (Å²) in [5.74, 6) is 1.99. The normalized spacial score (nSPS) is 13.0. The molecule has 0 bridgehead atoms. The number of hydrogen-bond donors (Lipinski definition) is 0. The van der Waals surface area contributed by atoms with Gasteiger partial charge < -0.3 is 18.9 Å². The second kappa shape index (κ2) is 8.42. The van der Waals surface area contributed by atoms with E-state index in [9.17, 15) is 4.79 Å². The van der Waals surface area contributed by atoms with E-state index in [1.807, 2.05) is 42.5 Å². The molecule has 1 aliphatic heterocycles. The fourth-order valence-corrected chi connectivity index (χ4v) is 2.66. The van der Waals surface area contributed by atoms with E-state index < -0.39 is 0 Å². The van der Waals surface area contributed by atoms with Crippen molar-refractivity contribution < 1.29 is 23.7 Å². The van der Waals surface area contributed by atoms with Crippen LogP contribution in [-0.2, 0) is 22.6 Å². The molecule has 0 fully saturated rings. The largest absolute Gasteiger partial charge is 0.496 e. The van der Waals surface area contributed by atoms with Crippen molar-refractivity contribution >= 4 is 5.97 Å². The molecule has 2 aromatic rings. The summed E-state index contributed by atoms with van der Waals surface area (Å²) in [7, 11) is 1.60. The predicted molar refractivity (Wildman–Crippen MR) is 93.2 cm³/mol. The van der Waals surface area contributed by atoms with Crippen molar-refractivity contribution in [2.45, 2.75) is 25.9 Å². The third-order valence-electron chi connectivity index (χ3n) is 4.01. The minimum Gasteiger partial charge on any atom is -0.496 e. The molecular formula is C20H22O5. The van der Waals surface area contributed by atoms with E-state index in [2.05, 4.69) is 0 Å². The van der Waals surface area contributed by atoms with Gasteiger partial charge in [0.25, 0.3) is 0 Å². The highest BCUT2D eigenvalue weighted by Gasteiger charge is 2.12. The van der Waals surface area contributed by atoms with Gasteiger partial charge in [-0.3, -0.25) is 4.79 Å². The quantitative estimate of drug-likeness (QED) is 0.752. The molecule has 5 nitrogen and oxygen atoms in total. The molecule has 132 valence electrons. The van der Waals surface area contributed by atoms with Gasteiger partial charge in [0, 0.05) is 18.4 Å². The minimum absolute atomic E-state index is 0.212. The molecule has 25 heavy (non-hydrogen) atoms. The van der Waals surface area contributed by atoms with Gasteiger partial charge in [-0.25, -0.2) is 0 Å². The number of carbonyl (C=O) groups excluding carboxylic acids is 1. The summed E-state index contributed by atoms with van der Waals surface area (Å²) in [6, 6.07) is 13.3. The van der Waals surface area contributed by atoms with Gasteiger partial charge in [-0.15, -0.1) is 0 Å². The van der Waals surface area contributed by atoms with Gasteiger partial charge >= 0.3 is 5.97 Å². The van der Waals surface area contributed by atoms with Crippen molar-refractivity contribution in [1.29, 1.82) is 0 Å². The molecule has 0 aliphatic carbocycles. The zero-order valence-electron chi connectivity index (χ0n) is 14.3. The summed E-state index contributed by atoms with van der Waals surface area (Å²) in [6.07, 6.45) is 1.79. The van der Waals surface area contributed by atoms with Crippen LogP contribution in [0.2, 0.25) is 0 Å². The van der Waals surface area contributed by atoms with Crippen LogP contribution in [0.1, 0.15) is 24.0 Å². The Balaban J connectivity index is 1.51. The maximum atomic E-state index is 12.0. The van der Waals surface area contributed by atoms with Gasteiger partial charge in [0.1, 0.15) is 12.4 Å². The molecule has 0 saturated heterocycles. The number of methoxy groups -OCH3 is 1. The van der Waals surface area contributed by atoms with E-state index in [1.165, 1.54) is 0 Å². The van der Waals surface area contributed by atoms with Crippen molar-refractivity contribution in [2.24, 2.45) is 0 Å². The van der Waals surface area contributed by atoms with Crippen LogP contribution in [0, 0.1) is 0 Å². The van der Waals surface area contributed by atoms with Crippen molar-refractivity contribution in [1.82, 2.24) is 0 Å². The molecule has 3 rings (SSSR count). The summed E-state index contributed by atoms with van der Waals surface area (Å²) in [5.41, 5.74) is 1.88. The summed E-state index contributed by atoms with van der Waals surface area (Å²) in [6.45, 7) is 1.53. The monoisotopic (exact) mass is 342 g/mol. The predicted octanol–water partition coefficient (Wildman–Crippen LogP) is 3.53. The van der Waals surface area contributed by atoms with Crippen LogP contribution in [0.25, 0.3) is 0 Å². The number of benzene rings is 2. The second-order valence-electron chi connectivity index (χ2n) is 5.80. The minimum atomic E-state index is -0.238. The van der Waals surface area contributed by atoms with Gasteiger partial charge in [0.05, 0.1) is 20.3 Å². The summed E-state index contributed by atoms with van der Waals surface area (Å²) < 4.78 is 21.9. The average Bonchev–Trinajstić information content (AvgIpc) is 2.89. The average molecular weight is 342 g/mol. The van der Waals surface area contributed by atoms with E-state index in [4.69, 9.17) is 18.9 Å². The number of ether oxygens (including phenoxy) is 4. The molecular weight excluding hydrogens is 320 g/mol. The van der Waals surface area contributed by atoms with E-state index in [0.29, 0.717) is 26.1 Å². The lowest BCUT2D eigenvalue weighted by Gasteiger charge is -2.10. The number of aryl methyl sites for hydroxylation is 1. The van der Waals surface area contributed by atoms with Crippen molar-refractivity contribution in [3.63, 3.8) is 0 Å². The summed E-state index contributed by atoms with van der Waals surface area (Å²) in [4.78, 5) is 12.0. The lowest BCUT2D eigenvalue weighted by molar-refractivity contribution is -0.144. The smallest absolute Gasteiger partial charge is 0.306 e. The highest BCUT2D eigenvalue weighted by Crippen LogP contribution is 2.30. The SMILES string of the molecule is COc1ccccc1COC(=O)CCc1ccc2c(c1)OCCCO2. The van der Waals surface area contributed by atoms with Crippen LogP contribution in [0.4, 0.5) is 0 Å². The van der Waals surface area contributed by atoms with Crippen molar-refractivity contribution in [3.8, 4) is 17.2 Å². The molecule has 0 spiro atoms. The molecule has 2 aromatic carbocycles. The first kappa shape index (κ1) is 17.1. The Kier molecular flexibility index (Phi) is 5.77. The maximum absolute atomic E-state index is 12.0. The first-order valence-electron chi connectivity index (χ1n) is 8.42. The highest BCUT2D eigenvalue weighted by atomic mass is 16.5. The molecule has 0 unspecified atom stereocenters. The van der Waals surface area contributed by atoms with Crippen LogP contribution in [0.15, 0.2) is 42.5 Å². The van der Waals surface area contributed by atoms with E-state index >= 15 is 0 Å². The molecule has 0 N–H and O–H groups in total. The molecule has 0 atom stereocenters. The molecule has 0 radical (unpaired) electrons. The molecule has 5 heteroatoms. The Bertz CT molecular complexity index is 726. The molecule has 0 amide bonds. The first-order valence-corrected chi connectivity index (χ1v) is 8.42. The van der Waals surface area contributed by atoms with Crippen LogP contribution in [0.3, 0.4) is 0 Å². The summed E-state index contributed by atoms with van der Waals surface area (Å²) in [5, 5.41) is 0. The van der Waals surface area contributed by atoms with Gasteiger partial charge in [0.15, 0.2) is 11.5 Å². The van der Waals surface area contributed by atoms with Gasteiger partial charge in [0.2, 0.25) is 0 Å². The number of rotatable bonds is 6. The third-order valence-corrected chi connectivity index (χ3v) is 4.01. The zero-order chi connectivity index (χ0) is 17.5. The number of carbonyl (C=O) groups is 1. The molecule has 1 aliphatic rings. The Labute approximate surface area is 147 Å². The fourth-order valence-electron chi connectivity index (χ4n) is 2.66. The zero-order valence-corrected chi connectivity index (χ0v) is 14.3. The van der Waals surface area contributed by atoms with Crippen LogP contribution in [0.5, 0.6) is 17.2 Å². The van der Waals surface area contributed by atoms with E-state index in [1.54, 1.807) is 7.11 Å². The van der Waals surface area contributed by atoms with Crippen molar-refractivity contribution in [2.75, 3.05) is 20.3 Å². The van der Waals surface area contributed by atoms with E-state index in [-0.39, 0.29) is 12.6 Å². The molecule has 0 aromatic heterocycles. The molecule has 1 heterocycles. The van der Waals surface area contributed by atoms with Crippen LogP contribution < -0.4 is 14.2 Å². The number of esters is 1. The molecule has 0 saturated carbocycles. The number of fused-ring (bicyclic) bond motifs is 1. The highest BCUT2D eigenvalue weighted by molar-refractivity contribution is 5.69. The summed E-state index contributed by atoms with van der Waals surface area (Å²) >= 11 is 0. The Morgan fingerprint density at radius 3 is 2.72 bits per heavy atom. The maximum Gasteiger partial charge on any atom is 0.306 e. The van der Waals surface area contributed by atoms with Gasteiger partial charge in [-0.05, 0) is 30.2 Å². The Morgan fingerprint density at radius 2 is 1.88 bits per heavy atom. The van der Waals surface area contributed by atoms with Crippen molar-refractivity contribution in [3.05, 3.63) is 53.6 Å². The second-order valence-corrected chi connectivity index (χ2v) is 5.80. The fraction of sp³-hybridized carbons (Fsp3) is 0.350. The lowest BCUT2D eigenvalue weighted by Crippen LogP contribution is -2.07. The number of hydrogen-bond acceptors (Lipinski definition) is 5. The van der Waals surface area contributed by atoms with Crippen LogP contribution >= 0.6 is 0 Å². The lowest BCUT2D eigenvalue weighted by atomic mass is 10.1. The third kappa shape index (κ3) is 4.66. The van der Waals surface area contributed by atoms with Gasteiger partial charge in [-0.2, -0.15) is 0 Å². The Hall–Kier alpha value is -2.69. The van der Waals surface area contributed by atoms with E-state index in [0.717, 1.165) is 34.8 Å². The standard InChI is InChI=1S/C20H22O5/c1-22-17-6-3-2-5-16(17)14-25-20(21)10-8-15-7-9-18-19(13-15)24-12-4-11-23-18/h2-3,5-7,9,13H,4,8,10-12,14H2,1H3. The van der Waals surface area contributed by atoms with Crippen LogP contribution in [-0.4, -0.2) is 26.3 Å².